The predicted molar refractivity (Wildman–Crippen MR) is 115 cm³/mol. The van der Waals surface area contributed by atoms with Gasteiger partial charge in [0.2, 0.25) is 5.13 Å². The second kappa shape index (κ2) is 9.85. The summed E-state index contributed by atoms with van der Waals surface area (Å²) in [7, 11) is 0. The number of aromatic nitrogens is 4. The lowest BCUT2D eigenvalue weighted by Crippen LogP contribution is -2.39. The van der Waals surface area contributed by atoms with Crippen molar-refractivity contribution >= 4 is 28.5 Å². The van der Waals surface area contributed by atoms with Crippen LogP contribution in [-0.2, 0) is 12.4 Å². The van der Waals surface area contributed by atoms with E-state index >= 15 is 0 Å². The molecule has 0 saturated heterocycles. The number of carbonyl (C=O) groups is 2. The average molecular weight is 559 g/mol. The summed E-state index contributed by atoms with van der Waals surface area (Å²) in [5.41, 5.74) is -6.70. The number of amides is 2. The van der Waals surface area contributed by atoms with E-state index in [0.29, 0.717) is 24.5 Å². The summed E-state index contributed by atoms with van der Waals surface area (Å²) in [4.78, 5) is 36.4. The molecule has 0 aliphatic rings. The number of pyridine rings is 2. The van der Waals surface area contributed by atoms with Crippen LogP contribution in [-0.4, -0.2) is 31.1 Å². The number of rotatable bonds is 4. The topological polar surface area (TPSA) is 88.9 Å². The van der Waals surface area contributed by atoms with E-state index in [1.165, 1.54) is 0 Å². The van der Waals surface area contributed by atoms with E-state index in [1.807, 2.05) is 0 Å². The first kappa shape index (κ1) is 26.7. The van der Waals surface area contributed by atoms with Crippen molar-refractivity contribution in [2.24, 2.45) is 0 Å². The van der Waals surface area contributed by atoms with Gasteiger partial charge in [0.15, 0.2) is 17.2 Å². The summed E-state index contributed by atoms with van der Waals surface area (Å²) < 4.78 is 113. The fraction of sp³-hybridized carbons (Fsp3) is 0.0909. The Morgan fingerprint density at radius 1 is 0.737 bits per heavy atom. The lowest BCUT2D eigenvalue weighted by molar-refractivity contribution is -0.142. The van der Waals surface area contributed by atoms with E-state index in [1.54, 1.807) is 0 Å². The van der Waals surface area contributed by atoms with Gasteiger partial charge in [-0.1, -0.05) is 6.07 Å². The maximum atomic E-state index is 14.2. The molecule has 0 saturated carbocycles. The Kier molecular flexibility index (Phi) is 6.92. The number of anilines is 1. The van der Waals surface area contributed by atoms with Crippen molar-refractivity contribution in [3.05, 3.63) is 89.0 Å². The van der Waals surface area contributed by atoms with Gasteiger partial charge in [0.25, 0.3) is 11.8 Å². The second-order valence-electron chi connectivity index (χ2n) is 7.24. The highest BCUT2D eigenvalue weighted by Gasteiger charge is 2.43. The third-order valence-corrected chi connectivity index (χ3v) is 5.51. The molecule has 3 heterocycles. The highest BCUT2D eigenvalue weighted by Crippen LogP contribution is 2.35. The Morgan fingerprint density at radius 3 is 1.66 bits per heavy atom. The van der Waals surface area contributed by atoms with Crippen molar-refractivity contribution in [2.75, 3.05) is 4.90 Å². The summed E-state index contributed by atoms with van der Waals surface area (Å²) >= 11 is 0.129. The van der Waals surface area contributed by atoms with Gasteiger partial charge in [-0.05, 0) is 36.4 Å². The van der Waals surface area contributed by atoms with E-state index in [4.69, 9.17) is 0 Å². The minimum absolute atomic E-state index is 0.113. The lowest BCUT2D eigenvalue weighted by atomic mass is 10.1. The molecule has 16 heteroatoms. The zero-order valence-electron chi connectivity index (χ0n) is 18.2. The number of nitrogens with zero attached hydrogens (tertiary/aromatic N) is 5. The van der Waals surface area contributed by atoms with Gasteiger partial charge in [-0.25, -0.2) is 13.7 Å². The molecule has 4 rings (SSSR count). The van der Waals surface area contributed by atoms with Crippen LogP contribution in [0.25, 0.3) is 11.4 Å². The molecule has 196 valence electrons. The monoisotopic (exact) mass is 559 g/mol. The number of halogens is 8. The maximum Gasteiger partial charge on any atom is 0.434 e. The van der Waals surface area contributed by atoms with Crippen molar-refractivity contribution < 1.29 is 44.7 Å². The Bertz CT molecular complexity index is 1450. The zero-order valence-corrected chi connectivity index (χ0v) is 19.0. The molecule has 4 aromatic rings. The van der Waals surface area contributed by atoms with Crippen LogP contribution < -0.4 is 4.90 Å². The van der Waals surface area contributed by atoms with Gasteiger partial charge in [0.05, 0.1) is 16.7 Å². The molecule has 0 aliphatic heterocycles. The summed E-state index contributed by atoms with van der Waals surface area (Å²) in [6.45, 7) is 0. The van der Waals surface area contributed by atoms with Gasteiger partial charge < -0.3 is 0 Å². The van der Waals surface area contributed by atoms with Gasteiger partial charge in [-0.2, -0.15) is 35.7 Å². The highest BCUT2D eigenvalue weighted by atomic mass is 32.1. The molecule has 38 heavy (non-hydrogen) atoms. The smallest absolute Gasteiger partial charge is 0.268 e. The second-order valence-corrected chi connectivity index (χ2v) is 7.97. The summed E-state index contributed by atoms with van der Waals surface area (Å²) in [6.07, 6.45) is -8.98. The lowest BCUT2D eigenvalue weighted by Gasteiger charge is -2.21. The first-order valence-electron chi connectivity index (χ1n) is 10.0. The Hall–Kier alpha value is -4.34. The number of imide groups is 1. The molecule has 2 amide bonds. The van der Waals surface area contributed by atoms with Crippen LogP contribution in [0.15, 0.2) is 54.9 Å². The molecule has 0 aliphatic carbocycles. The van der Waals surface area contributed by atoms with Crippen LogP contribution in [0.3, 0.4) is 0 Å². The zero-order chi connectivity index (χ0) is 27.8. The number of benzene rings is 1. The molecule has 0 radical (unpaired) electrons. The molecule has 0 unspecified atom stereocenters. The molecule has 3 aromatic heterocycles. The fourth-order valence-corrected chi connectivity index (χ4v) is 3.91. The van der Waals surface area contributed by atoms with Crippen LogP contribution >= 0.6 is 11.5 Å². The van der Waals surface area contributed by atoms with Gasteiger partial charge in [0.1, 0.15) is 11.6 Å². The van der Waals surface area contributed by atoms with Crippen LogP contribution in [0.5, 0.6) is 0 Å². The largest absolute Gasteiger partial charge is 0.434 e. The molecule has 0 bridgehead atoms. The number of alkyl halides is 6. The van der Waals surface area contributed by atoms with Crippen molar-refractivity contribution in [3.63, 3.8) is 0 Å². The number of carbonyl (C=O) groups excluding carboxylic acids is 2. The predicted octanol–water partition coefficient (Wildman–Crippen LogP) is 5.80. The number of hydrogen-bond acceptors (Lipinski definition) is 7. The Morgan fingerprint density at radius 2 is 1.21 bits per heavy atom. The molecule has 0 N–H and O–H groups in total. The van der Waals surface area contributed by atoms with Crippen LogP contribution in [0.4, 0.5) is 40.3 Å². The van der Waals surface area contributed by atoms with Crippen LogP contribution in [0.2, 0.25) is 0 Å². The first-order chi connectivity index (χ1) is 17.8. The number of hydrogen-bond donors (Lipinski definition) is 0. The van der Waals surface area contributed by atoms with Crippen LogP contribution in [0.1, 0.15) is 32.1 Å². The molecule has 0 spiro atoms. The average Bonchev–Trinajstić information content (AvgIpc) is 3.32. The van der Waals surface area contributed by atoms with Gasteiger partial charge >= 0.3 is 12.4 Å². The molecule has 7 nitrogen and oxygen atoms in total. The maximum absolute atomic E-state index is 14.2. The van der Waals surface area contributed by atoms with Crippen molar-refractivity contribution in [2.45, 2.75) is 12.4 Å². The summed E-state index contributed by atoms with van der Waals surface area (Å²) in [6, 6.07) is 5.83. The Labute approximate surface area is 210 Å². The van der Waals surface area contributed by atoms with E-state index in [2.05, 4.69) is 19.3 Å². The van der Waals surface area contributed by atoms with Gasteiger partial charge in [-0.15, -0.1) is 0 Å². The fourth-order valence-electron chi connectivity index (χ4n) is 3.23. The SMILES string of the molecule is O=C(c1cccnc1C(F)(F)F)N(C(=O)c1cccnc1C(F)(F)F)c1nc(-c2c(F)cccc2F)ns1. The first-order valence-corrected chi connectivity index (χ1v) is 10.8. The third-order valence-electron chi connectivity index (χ3n) is 4.81. The van der Waals surface area contributed by atoms with E-state index in [9.17, 15) is 44.7 Å². The van der Waals surface area contributed by atoms with E-state index in [0.717, 1.165) is 30.3 Å². The standard InChI is InChI=1S/C22H9F8N5O2S/c23-12-6-1-7-13(24)14(12)17-33-20(38-34-17)35(18(36)10-4-2-8-31-15(10)21(25,26)27)19(37)11-5-3-9-32-16(11)22(28,29)30/h1-9H. The highest BCUT2D eigenvalue weighted by molar-refractivity contribution is 7.10. The van der Waals surface area contributed by atoms with Crippen molar-refractivity contribution in [3.8, 4) is 11.4 Å². The quantitative estimate of drug-likeness (QED) is 0.232. The molecule has 1 aromatic carbocycles. The molecular formula is C22H9F8N5O2S. The molecular weight excluding hydrogens is 550 g/mol. The molecule has 0 fully saturated rings. The minimum Gasteiger partial charge on any atom is -0.268 e. The van der Waals surface area contributed by atoms with Crippen molar-refractivity contribution in [1.29, 1.82) is 0 Å². The third kappa shape index (κ3) is 5.06. The minimum atomic E-state index is -5.20. The van der Waals surface area contributed by atoms with E-state index < -0.39 is 74.8 Å². The Balaban J connectivity index is 1.92. The van der Waals surface area contributed by atoms with Gasteiger partial charge in [-0.3, -0.25) is 19.6 Å². The molecule has 0 atom stereocenters. The van der Waals surface area contributed by atoms with E-state index in [-0.39, 0.29) is 16.4 Å². The van der Waals surface area contributed by atoms with Crippen molar-refractivity contribution in [1.82, 2.24) is 19.3 Å². The van der Waals surface area contributed by atoms with Gasteiger partial charge in [0, 0.05) is 23.9 Å². The normalized spacial score (nSPS) is 11.9. The van der Waals surface area contributed by atoms with Crippen LogP contribution in [0, 0.1) is 11.6 Å². The summed E-state index contributed by atoms with van der Waals surface area (Å²) in [5.74, 6) is -6.57. The summed E-state index contributed by atoms with van der Waals surface area (Å²) in [5, 5.41) is -0.869.